The first kappa shape index (κ1) is 24.7. The summed E-state index contributed by atoms with van der Waals surface area (Å²) in [6, 6.07) is 24.4. The minimum absolute atomic E-state index is 0.119. The quantitative estimate of drug-likeness (QED) is 0.235. The van der Waals surface area contributed by atoms with Crippen molar-refractivity contribution in [2.45, 2.75) is 52.3 Å². The number of β-lactam (4-membered cyclic amide) rings is 1. The summed E-state index contributed by atoms with van der Waals surface area (Å²) in [7, 11) is 0. The Hall–Kier alpha value is -3.99. The molecular formula is C32H32N2O3. The zero-order chi connectivity index (χ0) is 26.2. The molecule has 0 bridgehead atoms. The van der Waals surface area contributed by atoms with Gasteiger partial charge in [-0.15, -0.1) is 0 Å². The van der Waals surface area contributed by atoms with Crippen LogP contribution in [0.4, 0.5) is 0 Å². The number of nitrogens with zero attached hydrogens (tertiary/aromatic N) is 2. The van der Waals surface area contributed by atoms with E-state index in [0.717, 1.165) is 33.5 Å². The van der Waals surface area contributed by atoms with Gasteiger partial charge in [0.1, 0.15) is 6.04 Å². The Balaban J connectivity index is 1.49. The highest BCUT2D eigenvalue weighted by Gasteiger charge is 2.61. The first-order valence-electron chi connectivity index (χ1n) is 12.7. The highest BCUT2D eigenvalue weighted by molar-refractivity contribution is 6.12. The number of pyridine rings is 1. The second-order valence-electron chi connectivity index (χ2n) is 10.7. The Kier molecular flexibility index (Phi) is 6.55. The van der Waals surface area contributed by atoms with Gasteiger partial charge in [0.05, 0.1) is 11.7 Å². The molecule has 2 aliphatic heterocycles. The zero-order valence-corrected chi connectivity index (χ0v) is 21.7. The summed E-state index contributed by atoms with van der Waals surface area (Å²) >= 11 is 0. The lowest BCUT2D eigenvalue weighted by Gasteiger charge is -2.42. The van der Waals surface area contributed by atoms with E-state index in [2.05, 4.69) is 4.98 Å². The average Bonchev–Trinajstić information content (AvgIpc) is 3.15. The predicted molar refractivity (Wildman–Crippen MR) is 144 cm³/mol. The van der Waals surface area contributed by atoms with E-state index >= 15 is 0 Å². The van der Waals surface area contributed by atoms with Crippen molar-refractivity contribution < 1.29 is 14.3 Å². The maximum Gasteiger partial charge on any atom is 0.330 e. The van der Waals surface area contributed by atoms with Gasteiger partial charge in [0.15, 0.2) is 6.10 Å². The Morgan fingerprint density at radius 3 is 2.11 bits per heavy atom. The minimum atomic E-state index is -0.666. The molecule has 2 aliphatic rings. The van der Waals surface area contributed by atoms with Crippen LogP contribution in [0.5, 0.6) is 0 Å². The largest absolute Gasteiger partial charge is 0.451 e. The van der Waals surface area contributed by atoms with Gasteiger partial charge < -0.3 is 9.64 Å². The molecule has 5 heteroatoms. The number of allylic oxidation sites excluding steroid dienone is 3. The molecule has 3 aromatic rings. The molecule has 0 spiro atoms. The number of amides is 1. The summed E-state index contributed by atoms with van der Waals surface area (Å²) in [5.74, 6) is -0.495. The van der Waals surface area contributed by atoms with Gasteiger partial charge >= 0.3 is 5.97 Å². The lowest BCUT2D eigenvalue weighted by Crippen LogP contribution is -2.58. The zero-order valence-electron chi connectivity index (χ0n) is 21.7. The van der Waals surface area contributed by atoms with Gasteiger partial charge in [0.25, 0.3) is 5.91 Å². The van der Waals surface area contributed by atoms with Crippen LogP contribution in [0.3, 0.4) is 0 Å². The molecule has 5 rings (SSSR count). The Morgan fingerprint density at radius 1 is 0.973 bits per heavy atom. The molecule has 0 saturated carbocycles. The number of fused-ring (bicyclic) bond motifs is 1. The third kappa shape index (κ3) is 4.62. The van der Waals surface area contributed by atoms with Crippen LogP contribution >= 0.6 is 0 Å². The van der Waals surface area contributed by atoms with Crippen molar-refractivity contribution >= 4 is 17.4 Å². The lowest BCUT2D eigenvalue weighted by atomic mass is 9.82. The van der Waals surface area contributed by atoms with Crippen LogP contribution in [-0.4, -0.2) is 33.8 Å². The topological polar surface area (TPSA) is 59.5 Å². The molecule has 0 N–H and O–H groups in total. The van der Waals surface area contributed by atoms with Crippen LogP contribution in [0.25, 0.3) is 5.57 Å². The summed E-state index contributed by atoms with van der Waals surface area (Å²) in [4.78, 5) is 33.7. The number of carbonyl (C=O) groups is 2. The minimum Gasteiger partial charge on any atom is -0.451 e. The fraction of sp³-hybridized carbons (Fsp3) is 0.281. The standard InChI is InChI=1S/C32H32N2O3/c1-21(2)19-24(25-17-11-12-18-33-25)27-26-20-32(3,4)29(34(26)30(27)35)31(36)37-28(22-13-7-5-8-14-22)23-15-9-6-10-16-23/h5-19,26,28-29H,20H2,1-4H3/b27-24+/t26?,29-/m0/s1. The summed E-state index contributed by atoms with van der Waals surface area (Å²) in [6.07, 6.45) is 3.89. The van der Waals surface area contributed by atoms with Crippen molar-refractivity contribution in [1.82, 2.24) is 9.88 Å². The van der Waals surface area contributed by atoms with Crippen LogP contribution in [0, 0.1) is 5.41 Å². The van der Waals surface area contributed by atoms with Crippen molar-refractivity contribution in [3.63, 3.8) is 0 Å². The number of rotatable bonds is 6. The smallest absolute Gasteiger partial charge is 0.330 e. The molecule has 0 radical (unpaired) electrons. The Labute approximate surface area is 218 Å². The van der Waals surface area contributed by atoms with E-state index in [4.69, 9.17) is 4.74 Å². The van der Waals surface area contributed by atoms with E-state index in [1.807, 2.05) is 113 Å². The van der Waals surface area contributed by atoms with Crippen molar-refractivity contribution in [1.29, 1.82) is 0 Å². The van der Waals surface area contributed by atoms with Gasteiger partial charge in [-0.3, -0.25) is 9.78 Å². The summed E-state index contributed by atoms with van der Waals surface area (Å²) < 4.78 is 6.21. The van der Waals surface area contributed by atoms with Crippen molar-refractivity contribution in [3.05, 3.63) is 119 Å². The molecule has 188 valence electrons. The van der Waals surface area contributed by atoms with Gasteiger partial charge in [-0.25, -0.2) is 4.79 Å². The van der Waals surface area contributed by atoms with Gasteiger partial charge in [-0.1, -0.05) is 92.2 Å². The molecule has 1 unspecified atom stereocenters. The van der Waals surface area contributed by atoms with Crippen molar-refractivity contribution in [3.8, 4) is 0 Å². The fourth-order valence-electron chi connectivity index (χ4n) is 5.57. The van der Waals surface area contributed by atoms with Crippen LogP contribution < -0.4 is 0 Å². The average molecular weight is 493 g/mol. The molecular weight excluding hydrogens is 460 g/mol. The summed E-state index contributed by atoms with van der Waals surface area (Å²) in [5, 5.41) is 0. The van der Waals surface area contributed by atoms with Gasteiger partial charge in [-0.2, -0.15) is 0 Å². The maximum atomic E-state index is 13.8. The van der Waals surface area contributed by atoms with Crippen LogP contribution in [0.15, 0.2) is 102 Å². The molecule has 2 aromatic carbocycles. The predicted octanol–water partition coefficient (Wildman–Crippen LogP) is 6.14. The molecule has 1 aromatic heterocycles. The number of aromatic nitrogens is 1. The van der Waals surface area contributed by atoms with Crippen molar-refractivity contribution in [2.75, 3.05) is 0 Å². The van der Waals surface area contributed by atoms with E-state index < -0.39 is 17.6 Å². The third-order valence-electron chi connectivity index (χ3n) is 7.20. The number of hydrogen-bond acceptors (Lipinski definition) is 4. The molecule has 3 heterocycles. The van der Waals surface area contributed by atoms with E-state index in [1.165, 1.54) is 0 Å². The van der Waals surface area contributed by atoms with E-state index in [0.29, 0.717) is 6.42 Å². The highest BCUT2D eigenvalue weighted by Crippen LogP contribution is 2.51. The van der Waals surface area contributed by atoms with Crippen molar-refractivity contribution in [2.24, 2.45) is 5.41 Å². The second-order valence-corrected chi connectivity index (χ2v) is 10.7. The summed E-state index contributed by atoms with van der Waals surface area (Å²) in [5.41, 5.74) is 4.76. The SMILES string of the molecule is CC(C)=C/C(=C1\C(=O)N2C1CC(C)(C)[C@@H]2C(=O)OC(c1ccccc1)c1ccccc1)c1ccccn1. The Bertz CT molecular complexity index is 1320. The maximum absolute atomic E-state index is 13.8. The van der Waals surface area contributed by atoms with Gasteiger partial charge in [-0.05, 0) is 48.9 Å². The molecule has 5 nitrogen and oxygen atoms in total. The third-order valence-corrected chi connectivity index (χ3v) is 7.20. The number of esters is 1. The van der Waals surface area contributed by atoms with E-state index in [-0.39, 0.29) is 17.9 Å². The van der Waals surface area contributed by atoms with Crippen LogP contribution in [0.1, 0.15) is 57.0 Å². The van der Waals surface area contributed by atoms with E-state index in [1.54, 1.807) is 11.1 Å². The molecule has 2 fully saturated rings. The van der Waals surface area contributed by atoms with Gasteiger partial charge in [0.2, 0.25) is 0 Å². The molecule has 1 amide bonds. The fourth-order valence-corrected chi connectivity index (χ4v) is 5.57. The monoisotopic (exact) mass is 492 g/mol. The Morgan fingerprint density at radius 2 is 1.57 bits per heavy atom. The molecule has 2 saturated heterocycles. The highest BCUT2D eigenvalue weighted by atomic mass is 16.5. The molecule has 0 aliphatic carbocycles. The number of carbonyl (C=O) groups excluding carboxylic acids is 2. The molecule has 2 atom stereocenters. The van der Waals surface area contributed by atoms with Gasteiger partial charge in [0, 0.05) is 17.3 Å². The normalized spacial score (nSPS) is 21.2. The summed E-state index contributed by atoms with van der Waals surface area (Å²) in [6.45, 7) is 8.11. The van der Waals surface area contributed by atoms with Crippen LogP contribution in [-0.2, 0) is 14.3 Å². The lowest BCUT2D eigenvalue weighted by molar-refractivity contribution is -0.162. The number of ether oxygens (including phenoxy) is 1. The number of benzene rings is 2. The van der Waals surface area contributed by atoms with Crippen LogP contribution in [0.2, 0.25) is 0 Å². The molecule has 37 heavy (non-hydrogen) atoms. The first-order valence-corrected chi connectivity index (χ1v) is 12.7. The number of hydrogen-bond donors (Lipinski definition) is 0. The van der Waals surface area contributed by atoms with E-state index in [9.17, 15) is 9.59 Å². The first-order chi connectivity index (χ1) is 17.8. The second kappa shape index (κ2) is 9.81.